The fraction of sp³-hybridized carbons (Fsp3) is 0.652. The molecular weight excluding hydrogens is 338 g/mol. The Kier molecular flexibility index (Phi) is 5.00. The van der Waals surface area contributed by atoms with Gasteiger partial charge in [-0.3, -0.25) is 9.59 Å². The van der Waals surface area contributed by atoms with Gasteiger partial charge >= 0.3 is 5.97 Å². The van der Waals surface area contributed by atoms with Crippen LogP contribution in [0.25, 0.3) is 0 Å². The first-order valence-electron chi connectivity index (χ1n) is 10.5. The molecule has 4 nitrogen and oxygen atoms in total. The third kappa shape index (κ3) is 4.04. The molecule has 27 heavy (non-hydrogen) atoms. The van der Waals surface area contributed by atoms with E-state index in [2.05, 4.69) is 19.2 Å². The van der Waals surface area contributed by atoms with Gasteiger partial charge in [0.2, 0.25) is 0 Å². The van der Waals surface area contributed by atoms with Gasteiger partial charge in [-0.15, -0.1) is 0 Å². The number of anilines is 1. The van der Waals surface area contributed by atoms with Crippen LogP contribution in [0.4, 0.5) is 5.69 Å². The molecule has 5 rings (SSSR count). The van der Waals surface area contributed by atoms with Gasteiger partial charge in [-0.05, 0) is 79.2 Å². The highest BCUT2D eigenvalue weighted by Crippen LogP contribution is 2.61. The van der Waals surface area contributed by atoms with Crippen molar-refractivity contribution >= 4 is 17.6 Å². The smallest absolute Gasteiger partial charge is 0.306 e. The molecule has 0 heterocycles. The van der Waals surface area contributed by atoms with E-state index in [1.54, 1.807) is 0 Å². The van der Waals surface area contributed by atoms with Gasteiger partial charge in [-0.25, -0.2) is 0 Å². The van der Waals surface area contributed by atoms with E-state index in [1.165, 1.54) is 38.5 Å². The van der Waals surface area contributed by atoms with Gasteiger partial charge in [0.1, 0.15) is 0 Å². The number of esters is 1. The van der Waals surface area contributed by atoms with Gasteiger partial charge < -0.3 is 10.1 Å². The zero-order chi connectivity index (χ0) is 19.0. The molecule has 4 aliphatic carbocycles. The molecular formula is C23H31NO3. The first-order valence-corrected chi connectivity index (χ1v) is 10.5. The molecule has 0 aromatic heterocycles. The molecule has 1 N–H and O–H groups in total. The van der Waals surface area contributed by atoms with Crippen molar-refractivity contribution in [3.8, 4) is 0 Å². The van der Waals surface area contributed by atoms with E-state index in [1.807, 2.05) is 24.3 Å². The highest BCUT2D eigenvalue weighted by atomic mass is 16.5. The Bertz CT molecular complexity index is 689. The predicted molar refractivity (Wildman–Crippen MR) is 105 cm³/mol. The summed E-state index contributed by atoms with van der Waals surface area (Å²) in [5.41, 5.74) is 2.05. The van der Waals surface area contributed by atoms with E-state index < -0.39 is 0 Å². The minimum atomic E-state index is -0.262. The number of para-hydroxylation sites is 1. The van der Waals surface area contributed by atoms with E-state index in [-0.39, 0.29) is 23.9 Å². The average molecular weight is 370 g/mol. The minimum Gasteiger partial charge on any atom is -0.456 e. The lowest BCUT2D eigenvalue weighted by molar-refractivity contribution is -0.154. The van der Waals surface area contributed by atoms with Gasteiger partial charge in [0.25, 0.3) is 5.91 Å². The van der Waals surface area contributed by atoms with Gasteiger partial charge in [-0.2, -0.15) is 0 Å². The first kappa shape index (κ1) is 18.5. The van der Waals surface area contributed by atoms with Crippen LogP contribution >= 0.6 is 0 Å². The lowest BCUT2D eigenvalue weighted by Crippen LogP contribution is -2.47. The third-order valence-electron chi connectivity index (χ3n) is 6.91. The molecule has 146 valence electrons. The van der Waals surface area contributed by atoms with E-state index >= 15 is 0 Å². The lowest BCUT2D eigenvalue weighted by atomic mass is 9.49. The standard InChI is InChI=1S/C23H31NO3/c1-15(2)19-5-3-4-6-20(19)24-21(25)14-27-22(26)13-23-10-16-7-17(11-23)9-18(8-16)12-23/h3-6,15-18H,7-14H2,1-2H3,(H,24,25). The van der Waals surface area contributed by atoms with Gasteiger partial charge in [0.05, 0.1) is 6.42 Å². The minimum absolute atomic E-state index is 0.159. The SMILES string of the molecule is CC(C)c1ccccc1NC(=O)COC(=O)CC12CC3CC(CC(C3)C1)C2. The number of ether oxygens (including phenoxy) is 1. The Hall–Kier alpha value is -1.84. The monoisotopic (exact) mass is 369 g/mol. The van der Waals surface area contributed by atoms with Gasteiger partial charge in [0, 0.05) is 5.69 Å². The Morgan fingerprint density at radius 2 is 1.67 bits per heavy atom. The van der Waals surface area contributed by atoms with Crippen molar-refractivity contribution in [2.75, 3.05) is 11.9 Å². The highest BCUT2D eigenvalue weighted by Gasteiger charge is 2.51. The topological polar surface area (TPSA) is 55.4 Å². The van der Waals surface area contributed by atoms with E-state index in [0.717, 1.165) is 29.0 Å². The molecule has 0 radical (unpaired) electrons. The number of rotatable bonds is 6. The fourth-order valence-electron chi connectivity index (χ4n) is 6.31. The molecule has 0 atom stereocenters. The Morgan fingerprint density at radius 3 is 2.26 bits per heavy atom. The molecule has 0 saturated heterocycles. The van der Waals surface area contributed by atoms with Crippen LogP contribution in [-0.2, 0) is 14.3 Å². The number of benzene rings is 1. The van der Waals surface area contributed by atoms with Crippen molar-refractivity contribution in [1.29, 1.82) is 0 Å². The Balaban J connectivity index is 1.29. The molecule has 4 aliphatic rings. The third-order valence-corrected chi connectivity index (χ3v) is 6.91. The lowest BCUT2D eigenvalue weighted by Gasteiger charge is -2.56. The fourth-order valence-corrected chi connectivity index (χ4v) is 6.31. The van der Waals surface area contributed by atoms with Crippen LogP contribution in [-0.4, -0.2) is 18.5 Å². The predicted octanol–water partition coefficient (Wildman–Crippen LogP) is 4.90. The molecule has 0 unspecified atom stereocenters. The maximum atomic E-state index is 12.5. The summed E-state index contributed by atoms with van der Waals surface area (Å²) in [6.07, 6.45) is 8.14. The van der Waals surface area contributed by atoms with Crippen LogP contribution in [0, 0.1) is 23.2 Å². The van der Waals surface area contributed by atoms with Crippen LogP contribution in [0.1, 0.15) is 70.3 Å². The number of nitrogens with one attached hydrogen (secondary N) is 1. The molecule has 0 spiro atoms. The van der Waals surface area contributed by atoms with E-state index in [9.17, 15) is 9.59 Å². The second kappa shape index (κ2) is 7.29. The summed E-state index contributed by atoms with van der Waals surface area (Å²) in [7, 11) is 0. The number of amides is 1. The van der Waals surface area contributed by atoms with Crippen molar-refractivity contribution in [3.63, 3.8) is 0 Å². The van der Waals surface area contributed by atoms with Crippen LogP contribution in [0.3, 0.4) is 0 Å². The number of hydrogen-bond donors (Lipinski definition) is 1. The van der Waals surface area contributed by atoms with Crippen molar-refractivity contribution in [3.05, 3.63) is 29.8 Å². The Morgan fingerprint density at radius 1 is 1.07 bits per heavy atom. The second-order valence-corrected chi connectivity index (χ2v) is 9.55. The van der Waals surface area contributed by atoms with Crippen molar-refractivity contribution in [2.24, 2.45) is 23.2 Å². The number of carbonyl (C=O) groups is 2. The molecule has 4 heteroatoms. The van der Waals surface area contributed by atoms with Gasteiger partial charge in [0.15, 0.2) is 6.61 Å². The van der Waals surface area contributed by atoms with Crippen LogP contribution in [0.5, 0.6) is 0 Å². The van der Waals surface area contributed by atoms with Crippen LogP contribution in [0.15, 0.2) is 24.3 Å². The highest BCUT2D eigenvalue weighted by molar-refractivity contribution is 5.93. The summed E-state index contributed by atoms with van der Waals surface area (Å²) in [4.78, 5) is 24.7. The van der Waals surface area contributed by atoms with Crippen LogP contribution < -0.4 is 5.32 Å². The molecule has 1 amide bonds. The quantitative estimate of drug-likeness (QED) is 0.726. The zero-order valence-electron chi connectivity index (χ0n) is 16.5. The largest absolute Gasteiger partial charge is 0.456 e. The molecule has 1 aromatic rings. The molecule has 4 fully saturated rings. The van der Waals surface area contributed by atoms with Crippen molar-refractivity contribution in [2.45, 2.75) is 64.7 Å². The van der Waals surface area contributed by atoms with Crippen molar-refractivity contribution < 1.29 is 14.3 Å². The van der Waals surface area contributed by atoms with E-state index in [4.69, 9.17) is 4.74 Å². The zero-order valence-corrected chi connectivity index (χ0v) is 16.5. The summed E-state index contributed by atoms with van der Waals surface area (Å²) in [5, 5.41) is 2.89. The summed E-state index contributed by atoms with van der Waals surface area (Å²) in [6.45, 7) is 3.99. The van der Waals surface area contributed by atoms with Gasteiger partial charge in [-0.1, -0.05) is 32.0 Å². The molecule has 4 saturated carbocycles. The maximum absolute atomic E-state index is 12.5. The number of hydrogen-bond acceptors (Lipinski definition) is 3. The summed E-state index contributed by atoms with van der Waals surface area (Å²) in [5.74, 6) is 2.31. The van der Waals surface area contributed by atoms with Crippen molar-refractivity contribution in [1.82, 2.24) is 0 Å². The Labute approximate surface area is 162 Å². The van der Waals surface area contributed by atoms with E-state index in [0.29, 0.717) is 12.3 Å². The number of carbonyl (C=O) groups excluding carboxylic acids is 2. The average Bonchev–Trinajstić information content (AvgIpc) is 2.58. The first-order chi connectivity index (χ1) is 12.9. The molecule has 4 bridgehead atoms. The molecule has 1 aromatic carbocycles. The molecule has 0 aliphatic heterocycles. The normalized spacial score (nSPS) is 31.1. The second-order valence-electron chi connectivity index (χ2n) is 9.55. The maximum Gasteiger partial charge on any atom is 0.306 e. The summed E-state index contributed by atoms with van der Waals surface area (Å²) < 4.78 is 5.36. The van der Waals surface area contributed by atoms with Crippen LogP contribution in [0.2, 0.25) is 0 Å². The summed E-state index contributed by atoms with van der Waals surface area (Å²) >= 11 is 0. The summed E-state index contributed by atoms with van der Waals surface area (Å²) in [6, 6.07) is 7.78.